The van der Waals surface area contributed by atoms with E-state index >= 15 is 0 Å². The summed E-state index contributed by atoms with van der Waals surface area (Å²) in [5, 5.41) is 9.15. The van der Waals surface area contributed by atoms with Gasteiger partial charge in [-0.2, -0.15) is 0 Å². The number of fused-ring (bicyclic) bond motifs is 1. The van der Waals surface area contributed by atoms with Gasteiger partial charge in [0.2, 0.25) is 12.0 Å². The Morgan fingerprint density at radius 1 is 1.67 bits per heavy atom. The van der Waals surface area contributed by atoms with E-state index in [-0.39, 0.29) is 0 Å². The van der Waals surface area contributed by atoms with Gasteiger partial charge in [-0.3, -0.25) is 0 Å². The summed E-state index contributed by atoms with van der Waals surface area (Å²) in [6, 6.07) is 1.81. The molecule has 0 aromatic carbocycles. The highest BCUT2D eigenvalue weighted by Crippen LogP contribution is 2.39. The average Bonchev–Trinajstić information content (AvgIpc) is 2.71. The summed E-state index contributed by atoms with van der Waals surface area (Å²) in [7, 11) is 1.73. The SMILES string of the molecule is CCCN1c2ccoc2N(C)C1C(=O)O. The highest BCUT2D eigenvalue weighted by Gasteiger charge is 2.40. The van der Waals surface area contributed by atoms with Gasteiger partial charge in [0.1, 0.15) is 5.69 Å². The molecule has 5 heteroatoms. The van der Waals surface area contributed by atoms with Gasteiger partial charge in [-0.1, -0.05) is 6.92 Å². The lowest BCUT2D eigenvalue weighted by molar-refractivity contribution is -0.138. The van der Waals surface area contributed by atoms with Gasteiger partial charge in [0.05, 0.1) is 6.26 Å². The third-order valence-electron chi connectivity index (χ3n) is 2.60. The molecule has 1 aromatic heterocycles. The Hall–Kier alpha value is -1.65. The normalized spacial score (nSPS) is 19.5. The molecule has 0 spiro atoms. The fourth-order valence-electron chi connectivity index (χ4n) is 2.01. The maximum atomic E-state index is 11.1. The molecule has 1 atom stereocenters. The van der Waals surface area contributed by atoms with Crippen molar-refractivity contribution in [2.45, 2.75) is 19.5 Å². The molecule has 82 valence electrons. The van der Waals surface area contributed by atoms with Gasteiger partial charge in [0, 0.05) is 19.7 Å². The molecule has 0 saturated heterocycles. The zero-order valence-electron chi connectivity index (χ0n) is 8.80. The predicted molar refractivity (Wildman–Crippen MR) is 56.2 cm³/mol. The number of carbonyl (C=O) groups is 1. The summed E-state index contributed by atoms with van der Waals surface area (Å²) in [6.07, 6.45) is 1.85. The Labute approximate surface area is 87.9 Å². The van der Waals surface area contributed by atoms with Crippen LogP contribution in [0.25, 0.3) is 0 Å². The zero-order valence-corrected chi connectivity index (χ0v) is 8.80. The summed E-state index contributed by atoms with van der Waals surface area (Å²) in [5.41, 5.74) is 0.867. The summed E-state index contributed by atoms with van der Waals surface area (Å²) in [6.45, 7) is 2.74. The molecule has 1 N–H and O–H groups in total. The van der Waals surface area contributed by atoms with E-state index in [2.05, 4.69) is 0 Å². The maximum absolute atomic E-state index is 11.1. The van der Waals surface area contributed by atoms with Crippen molar-refractivity contribution in [3.05, 3.63) is 12.3 Å². The lowest BCUT2D eigenvalue weighted by Crippen LogP contribution is -2.47. The largest absolute Gasteiger partial charge is 0.478 e. The maximum Gasteiger partial charge on any atom is 0.347 e. The van der Waals surface area contributed by atoms with Gasteiger partial charge in [0.25, 0.3) is 0 Å². The molecular formula is C10H14N2O3. The summed E-state index contributed by atoms with van der Waals surface area (Å²) < 4.78 is 5.27. The number of carboxylic acid groups (broad SMARTS) is 1. The van der Waals surface area contributed by atoms with E-state index in [1.165, 1.54) is 0 Å². The first kappa shape index (κ1) is 9.89. The molecule has 0 fully saturated rings. The van der Waals surface area contributed by atoms with Gasteiger partial charge in [-0.05, 0) is 6.42 Å². The summed E-state index contributed by atoms with van der Waals surface area (Å²) in [5.74, 6) is -0.215. The Bertz CT molecular complexity index is 374. The summed E-state index contributed by atoms with van der Waals surface area (Å²) >= 11 is 0. The number of hydrogen-bond donors (Lipinski definition) is 1. The first-order valence-corrected chi connectivity index (χ1v) is 4.96. The average molecular weight is 210 g/mol. The molecule has 0 aliphatic carbocycles. The molecule has 0 saturated carbocycles. The smallest absolute Gasteiger partial charge is 0.347 e. The van der Waals surface area contributed by atoms with Crippen LogP contribution in [0.15, 0.2) is 16.7 Å². The van der Waals surface area contributed by atoms with E-state index in [1.54, 1.807) is 18.2 Å². The van der Waals surface area contributed by atoms with Crippen LogP contribution in [0.5, 0.6) is 0 Å². The van der Waals surface area contributed by atoms with Crippen LogP contribution in [0.1, 0.15) is 13.3 Å². The van der Waals surface area contributed by atoms with Crippen molar-refractivity contribution < 1.29 is 14.3 Å². The van der Waals surface area contributed by atoms with Crippen LogP contribution in [0, 0.1) is 0 Å². The molecule has 1 unspecified atom stereocenters. The van der Waals surface area contributed by atoms with E-state index in [4.69, 9.17) is 9.52 Å². The van der Waals surface area contributed by atoms with Crippen molar-refractivity contribution in [1.82, 2.24) is 0 Å². The van der Waals surface area contributed by atoms with E-state index in [1.807, 2.05) is 17.9 Å². The molecule has 1 aliphatic rings. The molecule has 0 bridgehead atoms. The molecule has 2 heterocycles. The minimum atomic E-state index is -0.850. The van der Waals surface area contributed by atoms with E-state index in [0.29, 0.717) is 12.4 Å². The highest BCUT2D eigenvalue weighted by atomic mass is 16.4. The van der Waals surface area contributed by atoms with Gasteiger partial charge in [-0.25, -0.2) is 4.79 Å². The lowest BCUT2D eigenvalue weighted by Gasteiger charge is -2.26. The Kier molecular flexibility index (Phi) is 2.30. The van der Waals surface area contributed by atoms with Crippen LogP contribution >= 0.6 is 0 Å². The minimum Gasteiger partial charge on any atom is -0.478 e. The monoisotopic (exact) mass is 210 g/mol. The molecule has 15 heavy (non-hydrogen) atoms. The van der Waals surface area contributed by atoms with E-state index in [0.717, 1.165) is 12.1 Å². The van der Waals surface area contributed by atoms with Crippen LogP contribution in [-0.4, -0.2) is 30.8 Å². The zero-order chi connectivity index (χ0) is 11.0. The number of likely N-dealkylation sites (N-methyl/N-ethyl adjacent to an activating group) is 1. The van der Waals surface area contributed by atoms with E-state index < -0.39 is 12.1 Å². The Morgan fingerprint density at radius 2 is 2.40 bits per heavy atom. The quantitative estimate of drug-likeness (QED) is 0.816. The van der Waals surface area contributed by atoms with Crippen molar-refractivity contribution in [2.75, 3.05) is 23.4 Å². The highest BCUT2D eigenvalue weighted by molar-refractivity contribution is 5.88. The molecule has 0 radical (unpaired) electrons. The molecule has 1 aromatic rings. The molecule has 0 amide bonds. The van der Waals surface area contributed by atoms with Crippen molar-refractivity contribution in [1.29, 1.82) is 0 Å². The second-order valence-electron chi connectivity index (χ2n) is 3.63. The topological polar surface area (TPSA) is 56.9 Å². The number of rotatable bonds is 3. The first-order chi connectivity index (χ1) is 7.16. The van der Waals surface area contributed by atoms with Gasteiger partial charge in [-0.15, -0.1) is 0 Å². The van der Waals surface area contributed by atoms with E-state index in [9.17, 15) is 4.79 Å². The third-order valence-corrected chi connectivity index (χ3v) is 2.60. The Morgan fingerprint density at radius 3 is 3.00 bits per heavy atom. The van der Waals surface area contributed by atoms with Crippen LogP contribution in [0.3, 0.4) is 0 Å². The van der Waals surface area contributed by atoms with Crippen LogP contribution < -0.4 is 9.80 Å². The van der Waals surface area contributed by atoms with Crippen LogP contribution in [0.4, 0.5) is 11.6 Å². The summed E-state index contributed by atoms with van der Waals surface area (Å²) in [4.78, 5) is 14.6. The molecule has 5 nitrogen and oxygen atoms in total. The number of carboxylic acids is 1. The number of furan rings is 1. The molecule has 2 rings (SSSR count). The van der Waals surface area contributed by atoms with Crippen LogP contribution in [-0.2, 0) is 4.79 Å². The van der Waals surface area contributed by atoms with Crippen LogP contribution in [0.2, 0.25) is 0 Å². The second kappa shape index (κ2) is 3.49. The van der Waals surface area contributed by atoms with Crippen molar-refractivity contribution in [2.24, 2.45) is 0 Å². The fraction of sp³-hybridized carbons (Fsp3) is 0.500. The Balaban J connectivity index is 2.36. The fourth-order valence-corrected chi connectivity index (χ4v) is 2.01. The number of hydrogen-bond acceptors (Lipinski definition) is 4. The second-order valence-corrected chi connectivity index (χ2v) is 3.63. The van der Waals surface area contributed by atoms with Crippen molar-refractivity contribution in [3.63, 3.8) is 0 Å². The third kappa shape index (κ3) is 1.35. The first-order valence-electron chi connectivity index (χ1n) is 4.96. The van der Waals surface area contributed by atoms with Crippen molar-refractivity contribution >= 4 is 17.5 Å². The van der Waals surface area contributed by atoms with Gasteiger partial charge in [0.15, 0.2) is 0 Å². The number of aliphatic carboxylic acids is 1. The molecule has 1 aliphatic heterocycles. The number of nitrogens with zero attached hydrogens (tertiary/aromatic N) is 2. The lowest BCUT2D eigenvalue weighted by atomic mass is 10.3. The molecular weight excluding hydrogens is 196 g/mol. The van der Waals surface area contributed by atoms with Crippen molar-refractivity contribution in [3.8, 4) is 0 Å². The number of anilines is 2. The van der Waals surface area contributed by atoms with Gasteiger partial charge < -0.3 is 19.3 Å². The minimum absolute atomic E-state index is 0.635. The predicted octanol–water partition coefficient (Wildman–Crippen LogP) is 1.36. The van der Waals surface area contributed by atoms with Gasteiger partial charge >= 0.3 is 5.97 Å². The standard InChI is InChI=1S/C10H14N2O3/c1-3-5-12-7-4-6-15-9(7)11(2)8(12)10(13)14/h4,6,8H,3,5H2,1-2H3,(H,13,14).